The molecule has 104 valence electrons. The summed E-state index contributed by atoms with van der Waals surface area (Å²) in [5.74, 6) is 0. The minimum atomic E-state index is -3.60. The number of hydrogen-bond donors (Lipinski definition) is 1. The van der Waals surface area contributed by atoms with Crippen molar-refractivity contribution in [3.8, 4) is 0 Å². The van der Waals surface area contributed by atoms with Gasteiger partial charge in [-0.2, -0.15) is 8.73 Å². The fourth-order valence-electron chi connectivity index (χ4n) is 1.70. The van der Waals surface area contributed by atoms with Gasteiger partial charge in [0, 0.05) is 10.9 Å². The lowest BCUT2D eigenvalue weighted by atomic mass is 10.0. The van der Waals surface area contributed by atoms with Gasteiger partial charge in [-0.1, -0.05) is 22.0 Å². The molecule has 0 atom stereocenters. The van der Waals surface area contributed by atoms with Crippen LogP contribution < -0.4 is 4.72 Å². The Morgan fingerprint density at radius 3 is 2.79 bits per heavy atom. The summed E-state index contributed by atoms with van der Waals surface area (Å²) in [6.07, 6.45) is 0.692. The van der Waals surface area contributed by atoms with Crippen molar-refractivity contribution in [2.45, 2.75) is 30.7 Å². The van der Waals surface area contributed by atoms with Gasteiger partial charge in [0.15, 0.2) is 0 Å². The molecule has 19 heavy (non-hydrogen) atoms. The molecule has 0 spiro atoms. The normalized spacial score (nSPS) is 14.3. The first kappa shape index (κ1) is 14.8. The highest BCUT2D eigenvalue weighted by molar-refractivity contribution is 9.09. The third kappa shape index (κ3) is 3.31. The van der Waals surface area contributed by atoms with Gasteiger partial charge in [0.25, 0.3) is 0 Å². The largest absolute Gasteiger partial charge is 0.243 e. The fraction of sp³-hybridized carbons (Fsp3) is 0.455. The summed E-state index contributed by atoms with van der Waals surface area (Å²) >= 11 is 4.34. The van der Waals surface area contributed by atoms with Gasteiger partial charge in [0.05, 0.1) is 11.4 Å². The zero-order valence-corrected chi connectivity index (χ0v) is 13.8. The molecule has 0 unspecified atom stereocenters. The Bertz CT molecular complexity index is 665. The lowest BCUT2D eigenvalue weighted by Gasteiger charge is -2.25. The number of benzene rings is 1. The average Bonchev–Trinajstić information content (AvgIpc) is 2.74. The quantitative estimate of drug-likeness (QED) is 0.828. The Labute approximate surface area is 124 Å². The second-order valence-corrected chi connectivity index (χ2v) is 7.79. The molecule has 1 aromatic carbocycles. The molecule has 1 aliphatic rings. The minimum Gasteiger partial charge on any atom is -0.207 e. The molecule has 0 fully saturated rings. The van der Waals surface area contributed by atoms with Gasteiger partial charge >= 0.3 is 0 Å². The van der Waals surface area contributed by atoms with Crippen LogP contribution in [-0.2, 0) is 21.4 Å². The first-order valence-electron chi connectivity index (χ1n) is 5.67. The topological polar surface area (TPSA) is 70.9 Å². The zero-order valence-electron chi connectivity index (χ0n) is 10.6. The predicted molar refractivity (Wildman–Crippen MR) is 80.8 cm³/mol. The molecule has 0 radical (unpaired) electrons. The maximum atomic E-state index is 12.4. The molecule has 8 heteroatoms. The molecule has 1 N–H and O–H groups in total. The van der Waals surface area contributed by atoms with Crippen LogP contribution in [0.4, 0.5) is 11.4 Å². The van der Waals surface area contributed by atoms with Gasteiger partial charge < -0.3 is 0 Å². The Hall–Kier alpha value is -0.570. The van der Waals surface area contributed by atoms with Gasteiger partial charge in [-0.05, 0) is 32.4 Å². The van der Waals surface area contributed by atoms with E-state index in [0.29, 0.717) is 17.8 Å². The molecule has 1 heterocycles. The maximum Gasteiger partial charge on any atom is 0.243 e. The van der Waals surface area contributed by atoms with E-state index < -0.39 is 15.6 Å². The number of halogens is 1. The van der Waals surface area contributed by atoms with Crippen LogP contribution in [-0.4, -0.2) is 19.3 Å². The Morgan fingerprint density at radius 2 is 2.11 bits per heavy atom. The molecule has 0 saturated carbocycles. The molecule has 1 aliphatic heterocycles. The van der Waals surface area contributed by atoms with E-state index in [1.54, 1.807) is 18.2 Å². The van der Waals surface area contributed by atoms with Crippen molar-refractivity contribution in [1.82, 2.24) is 4.72 Å². The molecular formula is C11H14BrN3O2S2. The first-order chi connectivity index (χ1) is 8.86. The van der Waals surface area contributed by atoms with Crippen molar-refractivity contribution in [3.05, 3.63) is 18.2 Å². The second kappa shape index (κ2) is 5.43. The summed E-state index contributed by atoms with van der Waals surface area (Å²) in [6.45, 7) is 3.70. The molecule has 0 bridgehead atoms. The van der Waals surface area contributed by atoms with Gasteiger partial charge in [0.1, 0.15) is 16.3 Å². The number of hydrogen-bond acceptors (Lipinski definition) is 4. The highest BCUT2D eigenvalue weighted by atomic mass is 79.9. The molecule has 0 aliphatic carbocycles. The number of nitrogens with one attached hydrogen (secondary N) is 1. The Balaban J connectivity index is 2.37. The van der Waals surface area contributed by atoms with E-state index in [4.69, 9.17) is 0 Å². The van der Waals surface area contributed by atoms with E-state index in [9.17, 15) is 8.42 Å². The van der Waals surface area contributed by atoms with Gasteiger partial charge in [0.2, 0.25) is 10.0 Å². The zero-order chi connectivity index (χ0) is 14.1. The predicted octanol–water partition coefficient (Wildman–Crippen LogP) is 3.25. The maximum absolute atomic E-state index is 12.4. The van der Waals surface area contributed by atoms with E-state index in [1.807, 2.05) is 13.8 Å². The van der Waals surface area contributed by atoms with Crippen LogP contribution in [0.3, 0.4) is 0 Å². The number of fused-ring (bicyclic) bond motifs is 1. The minimum absolute atomic E-state index is 0.182. The summed E-state index contributed by atoms with van der Waals surface area (Å²) in [5.41, 5.74) is 0.509. The van der Waals surface area contributed by atoms with Crippen LogP contribution in [0.5, 0.6) is 0 Å². The summed E-state index contributed by atoms with van der Waals surface area (Å²) in [7, 11) is -3.60. The number of rotatable bonds is 5. The van der Waals surface area contributed by atoms with Crippen molar-refractivity contribution >= 4 is 48.7 Å². The summed E-state index contributed by atoms with van der Waals surface area (Å²) in [4.78, 5) is 0.182. The van der Waals surface area contributed by atoms with Crippen molar-refractivity contribution in [1.29, 1.82) is 0 Å². The van der Waals surface area contributed by atoms with Gasteiger partial charge in [-0.15, -0.1) is 0 Å². The summed E-state index contributed by atoms with van der Waals surface area (Å²) in [6, 6.07) is 4.98. The van der Waals surface area contributed by atoms with Gasteiger partial charge in [-0.25, -0.2) is 13.1 Å². The standard InChI is InChI=1S/C11H14BrN3O2S2/c1-11(2,6-7-12)15-19(16,17)9-5-3-4-8-10(9)14-18-13-8/h3-5,15H,6-7H2,1-2H3. The van der Waals surface area contributed by atoms with E-state index in [-0.39, 0.29) is 4.90 Å². The lowest BCUT2D eigenvalue weighted by Crippen LogP contribution is -2.43. The van der Waals surface area contributed by atoms with Crippen LogP contribution in [0.2, 0.25) is 0 Å². The highest BCUT2D eigenvalue weighted by Gasteiger charge is 2.28. The van der Waals surface area contributed by atoms with Crippen molar-refractivity contribution in [2.75, 3.05) is 5.33 Å². The molecule has 0 amide bonds. The third-order valence-electron chi connectivity index (χ3n) is 2.67. The van der Waals surface area contributed by atoms with E-state index >= 15 is 0 Å². The average molecular weight is 364 g/mol. The van der Waals surface area contributed by atoms with E-state index in [2.05, 4.69) is 29.4 Å². The number of nitrogens with zero attached hydrogens (tertiary/aromatic N) is 2. The molecule has 0 saturated heterocycles. The Kier molecular flexibility index (Phi) is 4.24. The second-order valence-electron chi connectivity index (χ2n) is 4.82. The SMILES string of the molecule is CC(C)(CCBr)NS(=O)(=O)c1cccc2c1N=S=N2. The van der Waals surface area contributed by atoms with E-state index in [0.717, 1.165) is 16.7 Å². The van der Waals surface area contributed by atoms with Crippen LogP contribution in [0, 0.1) is 0 Å². The summed E-state index contributed by atoms with van der Waals surface area (Å²) < 4.78 is 35.7. The van der Waals surface area contributed by atoms with Crippen LogP contribution in [0.25, 0.3) is 0 Å². The van der Waals surface area contributed by atoms with Crippen LogP contribution in [0.15, 0.2) is 31.8 Å². The summed E-state index contributed by atoms with van der Waals surface area (Å²) in [5, 5.41) is 0.727. The lowest BCUT2D eigenvalue weighted by molar-refractivity contribution is 0.443. The highest BCUT2D eigenvalue weighted by Crippen LogP contribution is 2.37. The van der Waals surface area contributed by atoms with E-state index in [1.165, 1.54) is 0 Å². The molecular weight excluding hydrogens is 350 g/mol. The third-order valence-corrected chi connectivity index (χ3v) is 5.34. The molecule has 0 aromatic heterocycles. The van der Waals surface area contributed by atoms with Crippen LogP contribution in [0.1, 0.15) is 20.3 Å². The Morgan fingerprint density at radius 1 is 1.37 bits per heavy atom. The molecule has 2 rings (SSSR count). The number of sulfonamides is 1. The van der Waals surface area contributed by atoms with Gasteiger partial charge in [-0.3, -0.25) is 0 Å². The van der Waals surface area contributed by atoms with Crippen molar-refractivity contribution in [3.63, 3.8) is 0 Å². The van der Waals surface area contributed by atoms with Crippen LogP contribution >= 0.6 is 15.9 Å². The monoisotopic (exact) mass is 363 g/mol. The van der Waals surface area contributed by atoms with Crippen molar-refractivity contribution < 1.29 is 8.42 Å². The molecule has 1 aromatic rings. The van der Waals surface area contributed by atoms with Crippen molar-refractivity contribution in [2.24, 2.45) is 8.73 Å². The fourth-order valence-corrected chi connectivity index (χ4v) is 4.90. The molecule has 5 nitrogen and oxygen atoms in total. The first-order valence-corrected chi connectivity index (χ1v) is 9.00. The number of alkyl halides is 1. The smallest absolute Gasteiger partial charge is 0.207 e.